The molecule has 0 spiro atoms. The molecule has 0 aliphatic carbocycles. The molecule has 0 unspecified atom stereocenters. The number of rotatable bonds is 3. The third-order valence-electron chi connectivity index (χ3n) is 3.26. The number of carbonyl (C=O) groups is 1. The molecule has 2 rings (SSSR count). The Hall–Kier alpha value is -1.42. The summed E-state index contributed by atoms with van der Waals surface area (Å²) in [5, 5.41) is 8.88. The molecule has 1 fully saturated rings. The van der Waals surface area contributed by atoms with Crippen LogP contribution in [-0.4, -0.2) is 29.1 Å². The lowest BCUT2D eigenvalue weighted by molar-refractivity contribution is -0.143. The number of carboxylic acid groups (broad SMARTS) is 1. The number of halogens is 1. The van der Waals surface area contributed by atoms with Gasteiger partial charge in [0.15, 0.2) is 0 Å². The van der Waals surface area contributed by atoms with Gasteiger partial charge in [0.05, 0.1) is 5.92 Å². The summed E-state index contributed by atoms with van der Waals surface area (Å²) in [6.45, 7) is 2.37. The van der Waals surface area contributed by atoms with Crippen molar-refractivity contribution in [3.8, 4) is 0 Å². The van der Waals surface area contributed by atoms with Crippen LogP contribution in [0.2, 0.25) is 0 Å². The minimum absolute atomic E-state index is 0.195. The van der Waals surface area contributed by atoms with E-state index in [1.54, 1.807) is 12.1 Å². The van der Waals surface area contributed by atoms with Crippen LogP contribution in [0.15, 0.2) is 24.3 Å². The maximum absolute atomic E-state index is 12.7. The number of hydrogen-bond donors (Lipinski definition) is 1. The molecule has 1 aromatic carbocycles. The van der Waals surface area contributed by atoms with Gasteiger partial charge in [0, 0.05) is 6.54 Å². The molecular formula is C13H16FNO2. The van der Waals surface area contributed by atoms with Crippen molar-refractivity contribution in [2.45, 2.75) is 19.4 Å². The Morgan fingerprint density at radius 3 is 2.41 bits per heavy atom. The van der Waals surface area contributed by atoms with E-state index in [-0.39, 0.29) is 11.7 Å². The Morgan fingerprint density at radius 1 is 1.29 bits per heavy atom. The molecule has 3 nitrogen and oxygen atoms in total. The molecule has 0 aromatic heterocycles. The highest BCUT2D eigenvalue weighted by Gasteiger charge is 2.24. The lowest BCUT2D eigenvalue weighted by atomic mass is 9.97. The fourth-order valence-corrected chi connectivity index (χ4v) is 2.19. The van der Waals surface area contributed by atoms with Crippen molar-refractivity contribution < 1.29 is 14.3 Å². The highest BCUT2D eigenvalue weighted by Crippen LogP contribution is 2.19. The molecule has 17 heavy (non-hydrogen) atoms. The number of likely N-dealkylation sites (tertiary alicyclic amines) is 1. The number of hydrogen-bond acceptors (Lipinski definition) is 2. The van der Waals surface area contributed by atoms with Gasteiger partial charge in [-0.25, -0.2) is 4.39 Å². The summed E-state index contributed by atoms with van der Waals surface area (Å²) >= 11 is 0. The summed E-state index contributed by atoms with van der Waals surface area (Å²) in [4.78, 5) is 13.0. The fourth-order valence-electron chi connectivity index (χ4n) is 2.19. The van der Waals surface area contributed by atoms with Gasteiger partial charge in [0.2, 0.25) is 0 Å². The van der Waals surface area contributed by atoms with Gasteiger partial charge >= 0.3 is 5.97 Å². The first-order valence-electron chi connectivity index (χ1n) is 5.85. The third-order valence-corrected chi connectivity index (χ3v) is 3.26. The van der Waals surface area contributed by atoms with Crippen molar-refractivity contribution in [3.63, 3.8) is 0 Å². The lowest BCUT2D eigenvalue weighted by Crippen LogP contribution is -2.35. The maximum Gasteiger partial charge on any atom is 0.306 e. The van der Waals surface area contributed by atoms with Crippen LogP contribution in [0.5, 0.6) is 0 Å². The van der Waals surface area contributed by atoms with Crippen LogP contribution >= 0.6 is 0 Å². The SMILES string of the molecule is O=C(O)C1CCN(Cc2ccc(F)cc2)CC1. The zero-order valence-corrected chi connectivity index (χ0v) is 9.60. The van der Waals surface area contributed by atoms with Crippen LogP contribution in [0.1, 0.15) is 18.4 Å². The second-order valence-electron chi connectivity index (χ2n) is 4.52. The standard InChI is InChI=1S/C13H16FNO2/c14-12-3-1-10(2-4-12)9-15-7-5-11(6-8-15)13(16)17/h1-4,11H,5-9H2,(H,16,17). The monoisotopic (exact) mass is 237 g/mol. The van der Waals surface area contributed by atoms with E-state index < -0.39 is 5.97 Å². The van der Waals surface area contributed by atoms with Crippen molar-refractivity contribution in [1.82, 2.24) is 4.90 Å². The molecule has 0 amide bonds. The van der Waals surface area contributed by atoms with Crippen LogP contribution in [0, 0.1) is 11.7 Å². The summed E-state index contributed by atoms with van der Waals surface area (Å²) < 4.78 is 12.7. The Balaban J connectivity index is 1.85. The smallest absolute Gasteiger partial charge is 0.306 e. The second kappa shape index (κ2) is 5.27. The maximum atomic E-state index is 12.7. The van der Waals surface area contributed by atoms with Crippen molar-refractivity contribution in [2.24, 2.45) is 5.92 Å². The first kappa shape index (κ1) is 12.0. The molecular weight excluding hydrogens is 221 g/mol. The lowest BCUT2D eigenvalue weighted by Gasteiger charge is -2.29. The van der Waals surface area contributed by atoms with Crippen molar-refractivity contribution in [3.05, 3.63) is 35.6 Å². The quantitative estimate of drug-likeness (QED) is 0.875. The average molecular weight is 237 g/mol. The fraction of sp³-hybridized carbons (Fsp3) is 0.462. The highest BCUT2D eigenvalue weighted by atomic mass is 19.1. The zero-order valence-electron chi connectivity index (χ0n) is 9.60. The van der Waals surface area contributed by atoms with E-state index in [0.29, 0.717) is 12.8 Å². The predicted molar refractivity (Wildman–Crippen MR) is 62.0 cm³/mol. The van der Waals surface area contributed by atoms with Gasteiger partial charge in [-0.05, 0) is 43.6 Å². The van der Waals surface area contributed by atoms with Crippen molar-refractivity contribution in [1.29, 1.82) is 0 Å². The van der Waals surface area contributed by atoms with Gasteiger partial charge in [-0.3, -0.25) is 9.69 Å². The Bertz CT molecular complexity index is 383. The van der Waals surface area contributed by atoms with Gasteiger partial charge in [0.1, 0.15) is 5.82 Å². The molecule has 1 heterocycles. The molecule has 1 aliphatic heterocycles. The minimum atomic E-state index is -0.688. The van der Waals surface area contributed by atoms with E-state index in [1.165, 1.54) is 12.1 Å². The molecule has 4 heteroatoms. The topological polar surface area (TPSA) is 40.5 Å². The van der Waals surface area contributed by atoms with Crippen LogP contribution < -0.4 is 0 Å². The van der Waals surface area contributed by atoms with Gasteiger partial charge in [-0.1, -0.05) is 12.1 Å². The summed E-state index contributed by atoms with van der Waals surface area (Å²) in [7, 11) is 0. The van der Waals surface area contributed by atoms with Crippen LogP contribution in [-0.2, 0) is 11.3 Å². The van der Waals surface area contributed by atoms with E-state index in [1.807, 2.05) is 0 Å². The van der Waals surface area contributed by atoms with Crippen LogP contribution in [0.3, 0.4) is 0 Å². The minimum Gasteiger partial charge on any atom is -0.481 e. The molecule has 1 aromatic rings. The van der Waals surface area contributed by atoms with Crippen LogP contribution in [0.25, 0.3) is 0 Å². The molecule has 0 saturated carbocycles. The Labute approximate surface area is 99.9 Å². The Kier molecular flexibility index (Phi) is 3.74. The largest absolute Gasteiger partial charge is 0.481 e. The van der Waals surface area contributed by atoms with Crippen LogP contribution in [0.4, 0.5) is 4.39 Å². The molecule has 1 N–H and O–H groups in total. The van der Waals surface area contributed by atoms with E-state index in [0.717, 1.165) is 25.2 Å². The molecule has 92 valence electrons. The third kappa shape index (κ3) is 3.27. The first-order chi connectivity index (χ1) is 8.15. The summed E-state index contributed by atoms with van der Waals surface area (Å²) in [6.07, 6.45) is 1.41. The molecule has 1 saturated heterocycles. The van der Waals surface area contributed by atoms with Gasteiger partial charge < -0.3 is 5.11 Å². The molecule has 0 radical (unpaired) electrons. The number of nitrogens with zero attached hydrogens (tertiary/aromatic N) is 1. The second-order valence-corrected chi connectivity index (χ2v) is 4.52. The van der Waals surface area contributed by atoms with E-state index in [9.17, 15) is 9.18 Å². The van der Waals surface area contributed by atoms with E-state index in [4.69, 9.17) is 5.11 Å². The number of piperidine rings is 1. The highest BCUT2D eigenvalue weighted by molar-refractivity contribution is 5.70. The Morgan fingerprint density at radius 2 is 1.88 bits per heavy atom. The summed E-state index contributed by atoms with van der Waals surface area (Å²) in [5.41, 5.74) is 1.07. The predicted octanol–water partition coefficient (Wildman–Crippen LogP) is 2.12. The average Bonchev–Trinajstić information content (AvgIpc) is 2.33. The number of aliphatic carboxylic acids is 1. The van der Waals surface area contributed by atoms with Crippen molar-refractivity contribution in [2.75, 3.05) is 13.1 Å². The molecule has 0 bridgehead atoms. The number of benzene rings is 1. The number of carboxylic acids is 1. The first-order valence-corrected chi connectivity index (χ1v) is 5.85. The van der Waals surface area contributed by atoms with Gasteiger partial charge in [-0.15, -0.1) is 0 Å². The molecule has 1 aliphatic rings. The normalized spacial score (nSPS) is 18.2. The van der Waals surface area contributed by atoms with E-state index in [2.05, 4.69) is 4.90 Å². The zero-order chi connectivity index (χ0) is 12.3. The molecule has 0 atom stereocenters. The van der Waals surface area contributed by atoms with Gasteiger partial charge in [-0.2, -0.15) is 0 Å². The summed E-state index contributed by atoms with van der Waals surface area (Å²) in [5.74, 6) is -1.11. The van der Waals surface area contributed by atoms with Gasteiger partial charge in [0.25, 0.3) is 0 Å². The van der Waals surface area contributed by atoms with Crippen molar-refractivity contribution >= 4 is 5.97 Å². The summed E-state index contributed by atoms with van der Waals surface area (Å²) in [6, 6.07) is 6.47. The van der Waals surface area contributed by atoms with E-state index >= 15 is 0 Å².